The van der Waals surface area contributed by atoms with E-state index >= 15 is 0 Å². The van der Waals surface area contributed by atoms with Crippen LogP contribution in [0, 0.1) is 0 Å². The number of likely N-dealkylation sites (N-methyl/N-ethyl adjacent to an activating group) is 1. The second-order valence-electron chi connectivity index (χ2n) is 7.96. The summed E-state index contributed by atoms with van der Waals surface area (Å²) in [5.41, 5.74) is 2.12. The molecule has 0 aliphatic rings. The van der Waals surface area contributed by atoms with Crippen LogP contribution in [0.2, 0.25) is 0 Å². The number of aliphatic hydroxyl groups excluding tert-OH is 2. The van der Waals surface area contributed by atoms with E-state index in [1.807, 2.05) is 42.9 Å². The average Bonchev–Trinajstić information content (AvgIpc) is 3.15. The maximum atomic E-state index is 9.81. The van der Waals surface area contributed by atoms with E-state index in [0.29, 0.717) is 19.6 Å². The van der Waals surface area contributed by atoms with Gasteiger partial charge >= 0.3 is 0 Å². The minimum Gasteiger partial charge on any atom is -0.392 e. The average molecular weight is 419 g/mol. The van der Waals surface area contributed by atoms with Gasteiger partial charge in [0.05, 0.1) is 30.6 Å². The quantitative estimate of drug-likeness (QED) is 0.369. The van der Waals surface area contributed by atoms with Gasteiger partial charge in [0.2, 0.25) is 0 Å². The zero-order chi connectivity index (χ0) is 21.8. The van der Waals surface area contributed by atoms with Crippen molar-refractivity contribution in [3.8, 4) is 0 Å². The summed E-state index contributed by atoms with van der Waals surface area (Å²) in [5.74, 6) is 0. The summed E-state index contributed by atoms with van der Waals surface area (Å²) in [7, 11) is 0. The Labute approximate surface area is 180 Å². The molecular formula is C22H38N6O2. The Kier molecular flexibility index (Phi) is 11.0. The van der Waals surface area contributed by atoms with Crippen molar-refractivity contribution in [3.63, 3.8) is 0 Å². The predicted molar refractivity (Wildman–Crippen MR) is 119 cm³/mol. The lowest BCUT2D eigenvalue weighted by molar-refractivity contribution is 0.0985. The highest BCUT2D eigenvalue weighted by molar-refractivity contribution is 5.14. The molecule has 0 saturated carbocycles. The number of aliphatic hydroxyl groups is 2. The molecule has 0 aliphatic carbocycles. The van der Waals surface area contributed by atoms with Crippen molar-refractivity contribution in [2.24, 2.45) is 0 Å². The van der Waals surface area contributed by atoms with Crippen molar-refractivity contribution in [3.05, 3.63) is 47.8 Å². The van der Waals surface area contributed by atoms with E-state index in [1.165, 1.54) is 5.56 Å². The predicted octanol–water partition coefficient (Wildman–Crippen LogP) is 0.802. The highest BCUT2D eigenvalue weighted by Gasteiger charge is 2.12. The lowest BCUT2D eigenvalue weighted by Gasteiger charge is -2.28. The van der Waals surface area contributed by atoms with Gasteiger partial charge in [-0.15, -0.1) is 5.10 Å². The molecule has 0 spiro atoms. The van der Waals surface area contributed by atoms with Gasteiger partial charge in [0, 0.05) is 45.8 Å². The number of rotatable bonds is 15. The van der Waals surface area contributed by atoms with Crippen molar-refractivity contribution < 1.29 is 10.2 Å². The fourth-order valence-electron chi connectivity index (χ4n) is 3.42. The number of aromatic nitrogens is 3. The summed E-state index contributed by atoms with van der Waals surface area (Å²) in [5, 5.41) is 31.3. The molecule has 0 unspecified atom stereocenters. The molecule has 0 saturated heterocycles. The van der Waals surface area contributed by atoms with Gasteiger partial charge in [-0.1, -0.05) is 42.5 Å². The maximum Gasteiger partial charge on any atom is 0.0964 e. The van der Waals surface area contributed by atoms with Crippen LogP contribution in [0.4, 0.5) is 0 Å². The Bertz CT molecular complexity index is 692. The van der Waals surface area contributed by atoms with Gasteiger partial charge in [-0.05, 0) is 26.0 Å². The zero-order valence-corrected chi connectivity index (χ0v) is 18.6. The normalized spacial score (nSPS) is 13.8. The van der Waals surface area contributed by atoms with Gasteiger partial charge in [-0.3, -0.25) is 9.80 Å². The first kappa shape index (κ1) is 24.4. The molecule has 2 aromatic rings. The standard InChI is InChI=1S/C22H38N6O2/c1-4-26(15-19(2)29)12-13-27(16-20(3)30)11-10-23-14-22-18-28(25-24-22)17-21-8-6-5-7-9-21/h5-9,18-20,23,29-30H,4,10-17H2,1-3H3/t19-,20-/m0/s1. The smallest absolute Gasteiger partial charge is 0.0964 e. The van der Waals surface area contributed by atoms with E-state index < -0.39 is 0 Å². The van der Waals surface area contributed by atoms with Crippen LogP contribution in [0.25, 0.3) is 0 Å². The van der Waals surface area contributed by atoms with Crippen molar-refractivity contribution >= 4 is 0 Å². The molecule has 2 rings (SSSR count). The number of hydrogen-bond acceptors (Lipinski definition) is 7. The molecule has 8 heteroatoms. The van der Waals surface area contributed by atoms with Crippen LogP contribution in [0.3, 0.4) is 0 Å². The first-order chi connectivity index (χ1) is 14.5. The second-order valence-corrected chi connectivity index (χ2v) is 7.96. The van der Waals surface area contributed by atoms with Gasteiger partial charge in [0.25, 0.3) is 0 Å². The zero-order valence-electron chi connectivity index (χ0n) is 18.6. The Balaban J connectivity index is 1.72. The largest absolute Gasteiger partial charge is 0.392 e. The van der Waals surface area contributed by atoms with Crippen LogP contribution < -0.4 is 5.32 Å². The van der Waals surface area contributed by atoms with E-state index in [2.05, 4.69) is 44.5 Å². The van der Waals surface area contributed by atoms with E-state index in [1.54, 1.807) is 0 Å². The van der Waals surface area contributed by atoms with Crippen molar-refractivity contribution in [1.29, 1.82) is 0 Å². The van der Waals surface area contributed by atoms with E-state index in [4.69, 9.17) is 0 Å². The maximum absolute atomic E-state index is 9.81. The van der Waals surface area contributed by atoms with Crippen LogP contribution >= 0.6 is 0 Å². The third-order valence-electron chi connectivity index (χ3n) is 4.91. The lowest BCUT2D eigenvalue weighted by atomic mass is 10.2. The van der Waals surface area contributed by atoms with Gasteiger partial charge < -0.3 is 15.5 Å². The molecule has 0 fully saturated rings. The highest BCUT2D eigenvalue weighted by Crippen LogP contribution is 2.02. The molecule has 0 bridgehead atoms. The Hall–Kier alpha value is -1.84. The third kappa shape index (κ3) is 9.77. The number of hydrogen-bond donors (Lipinski definition) is 3. The van der Waals surface area contributed by atoms with Crippen molar-refractivity contribution in [2.45, 2.75) is 46.1 Å². The number of nitrogens with one attached hydrogen (secondary N) is 1. The van der Waals surface area contributed by atoms with Gasteiger partial charge in [0.15, 0.2) is 0 Å². The summed E-state index contributed by atoms with van der Waals surface area (Å²) >= 11 is 0. The first-order valence-electron chi connectivity index (χ1n) is 10.9. The summed E-state index contributed by atoms with van der Waals surface area (Å²) < 4.78 is 1.85. The molecule has 0 aliphatic heterocycles. The molecule has 1 aromatic carbocycles. The van der Waals surface area contributed by atoms with Crippen molar-refractivity contribution in [1.82, 2.24) is 30.1 Å². The van der Waals surface area contributed by atoms with Gasteiger partial charge in [0.1, 0.15) is 0 Å². The Morgan fingerprint density at radius 2 is 1.67 bits per heavy atom. The summed E-state index contributed by atoms with van der Waals surface area (Å²) in [6.07, 6.45) is 1.28. The first-order valence-corrected chi connectivity index (χ1v) is 10.9. The van der Waals surface area contributed by atoms with E-state index in [9.17, 15) is 10.2 Å². The molecule has 30 heavy (non-hydrogen) atoms. The molecule has 0 radical (unpaired) electrons. The molecule has 8 nitrogen and oxygen atoms in total. The second kappa shape index (κ2) is 13.5. The third-order valence-corrected chi connectivity index (χ3v) is 4.91. The molecule has 3 N–H and O–H groups in total. The van der Waals surface area contributed by atoms with Crippen LogP contribution in [0.1, 0.15) is 32.0 Å². The molecular weight excluding hydrogens is 380 g/mol. The van der Waals surface area contributed by atoms with Crippen LogP contribution in [-0.4, -0.2) is 93.0 Å². The number of benzene rings is 1. The summed E-state index contributed by atoms with van der Waals surface area (Å²) in [6, 6.07) is 10.2. The molecule has 168 valence electrons. The lowest BCUT2D eigenvalue weighted by Crippen LogP contribution is -2.42. The van der Waals surface area contributed by atoms with Gasteiger partial charge in [-0.2, -0.15) is 0 Å². The molecule has 2 atom stereocenters. The summed E-state index contributed by atoms with van der Waals surface area (Å²) in [4.78, 5) is 4.49. The molecule has 0 amide bonds. The van der Waals surface area contributed by atoms with Crippen LogP contribution in [0.5, 0.6) is 0 Å². The van der Waals surface area contributed by atoms with E-state index in [-0.39, 0.29) is 12.2 Å². The monoisotopic (exact) mass is 418 g/mol. The fraction of sp³-hybridized carbons (Fsp3) is 0.636. The molecule has 1 aromatic heterocycles. The minimum atomic E-state index is -0.366. The number of nitrogens with zero attached hydrogens (tertiary/aromatic N) is 5. The van der Waals surface area contributed by atoms with Gasteiger partial charge in [-0.25, -0.2) is 4.68 Å². The van der Waals surface area contributed by atoms with E-state index in [0.717, 1.165) is 45.0 Å². The van der Waals surface area contributed by atoms with Crippen LogP contribution in [-0.2, 0) is 13.1 Å². The highest BCUT2D eigenvalue weighted by atomic mass is 16.3. The fourth-order valence-corrected chi connectivity index (χ4v) is 3.42. The van der Waals surface area contributed by atoms with Crippen molar-refractivity contribution in [2.75, 3.05) is 45.8 Å². The molecule has 1 heterocycles. The Morgan fingerprint density at radius 1 is 1.00 bits per heavy atom. The summed E-state index contributed by atoms with van der Waals surface area (Å²) in [6.45, 7) is 12.7. The Morgan fingerprint density at radius 3 is 2.33 bits per heavy atom. The SMILES string of the molecule is CCN(CCN(CCNCc1cn(Cc2ccccc2)nn1)C[C@H](C)O)C[C@H](C)O. The topological polar surface area (TPSA) is 89.7 Å². The minimum absolute atomic E-state index is 0.327. The van der Waals surface area contributed by atoms with Crippen LogP contribution in [0.15, 0.2) is 36.5 Å².